The van der Waals surface area contributed by atoms with E-state index < -0.39 is 29.8 Å². The molecule has 4 aliphatic rings. The largest absolute Gasteiger partial charge is 0.481 e. The standard InChI is InChI=1S/C34H54O8/c1-2-3-4-5-6-7-8-9-15-26-19-20-29(36)28(26)24-27(35)16-14-21-33(32(37)38)25-34(33,41-30-17-10-12-22-39-30)42-31-18-11-13-23-40-31/h9,15,26,28,30-31H,2-8,10-14,16-25H2,1H3,(H,37,38)/b15-9+/t26-,28+,30?,31?,33?,34?/m0/s1. The Kier molecular flexibility index (Phi) is 13.0. The first kappa shape index (κ1) is 33.3. The summed E-state index contributed by atoms with van der Waals surface area (Å²) in [5, 5.41) is 10.4. The van der Waals surface area contributed by atoms with Gasteiger partial charge in [0.15, 0.2) is 18.4 Å². The molecular formula is C34H54O8. The average Bonchev–Trinajstić information content (AvgIpc) is 3.48. The Labute approximate surface area is 252 Å². The zero-order chi connectivity index (χ0) is 29.8. The zero-order valence-electron chi connectivity index (χ0n) is 25.8. The third kappa shape index (κ3) is 8.96. The topological polar surface area (TPSA) is 108 Å². The molecule has 4 fully saturated rings. The van der Waals surface area contributed by atoms with Crippen LogP contribution in [0, 0.1) is 17.3 Å². The maximum absolute atomic E-state index is 13.0. The van der Waals surface area contributed by atoms with Crippen molar-refractivity contribution in [2.75, 3.05) is 13.2 Å². The lowest BCUT2D eigenvalue weighted by atomic mass is 9.88. The number of ether oxygens (including phenoxy) is 4. The number of rotatable bonds is 19. The highest BCUT2D eigenvalue weighted by Gasteiger charge is 2.76. The minimum absolute atomic E-state index is 0.0319. The second kappa shape index (κ2) is 16.5. The number of carbonyl (C=O) groups is 3. The molecule has 4 rings (SSSR count). The molecule has 238 valence electrons. The van der Waals surface area contributed by atoms with Crippen LogP contribution >= 0.6 is 0 Å². The number of carboxylic acids is 1. The molecule has 1 N–H and O–H groups in total. The van der Waals surface area contributed by atoms with Crippen LogP contribution in [0.2, 0.25) is 0 Å². The molecule has 0 bridgehead atoms. The van der Waals surface area contributed by atoms with E-state index in [1.807, 2.05) is 0 Å². The minimum atomic E-state index is -1.31. The van der Waals surface area contributed by atoms with Crippen molar-refractivity contribution < 1.29 is 38.4 Å². The molecule has 2 heterocycles. The molecule has 5 atom stereocenters. The molecule has 2 aliphatic heterocycles. The van der Waals surface area contributed by atoms with E-state index in [1.165, 1.54) is 38.5 Å². The van der Waals surface area contributed by atoms with Crippen LogP contribution < -0.4 is 0 Å². The zero-order valence-corrected chi connectivity index (χ0v) is 25.8. The van der Waals surface area contributed by atoms with Gasteiger partial charge in [-0.15, -0.1) is 0 Å². The summed E-state index contributed by atoms with van der Waals surface area (Å²) in [5.41, 5.74) is -1.24. The normalized spacial score (nSPS) is 33.3. The highest BCUT2D eigenvalue weighted by atomic mass is 16.8. The summed E-state index contributed by atoms with van der Waals surface area (Å²) in [4.78, 5) is 38.3. The third-order valence-corrected chi connectivity index (χ3v) is 9.74. The SMILES string of the molecule is CCCCCCCC/C=C/[C@H]1CCC(=O)[C@@H]1CC(=O)CCCC1(C(=O)O)CC1(OC1CCCCO1)OC1CCCCO1. The molecule has 0 amide bonds. The van der Waals surface area contributed by atoms with Crippen molar-refractivity contribution in [2.45, 2.75) is 154 Å². The highest BCUT2D eigenvalue weighted by Crippen LogP contribution is 2.64. The van der Waals surface area contributed by atoms with Crippen molar-refractivity contribution in [2.24, 2.45) is 17.3 Å². The fourth-order valence-corrected chi connectivity index (χ4v) is 7.03. The van der Waals surface area contributed by atoms with Gasteiger partial charge in [-0.05, 0) is 76.5 Å². The van der Waals surface area contributed by atoms with Crippen molar-refractivity contribution in [3.63, 3.8) is 0 Å². The van der Waals surface area contributed by atoms with Crippen LogP contribution in [0.4, 0.5) is 0 Å². The highest BCUT2D eigenvalue weighted by molar-refractivity contribution is 5.90. The number of ketones is 2. The number of carbonyl (C=O) groups excluding carboxylic acids is 2. The van der Waals surface area contributed by atoms with Gasteiger partial charge in [-0.1, -0.05) is 51.2 Å². The smallest absolute Gasteiger partial charge is 0.315 e. The summed E-state index contributed by atoms with van der Waals surface area (Å²) in [5.74, 6) is -2.17. The van der Waals surface area contributed by atoms with E-state index >= 15 is 0 Å². The molecule has 0 radical (unpaired) electrons. The van der Waals surface area contributed by atoms with Crippen molar-refractivity contribution in [1.29, 1.82) is 0 Å². The van der Waals surface area contributed by atoms with Gasteiger partial charge in [0.25, 0.3) is 0 Å². The summed E-state index contributed by atoms with van der Waals surface area (Å²) in [6.45, 7) is 3.40. The quantitative estimate of drug-likeness (QED) is 0.0950. The van der Waals surface area contributed by atoms with Gasteiger partial charge in [-0.3, -0.25) is 14.4 Å². The Morgan fingerprint density at radius 1 is 0.929 bits per heavy atom. The van der Waals surface area contributed by atoms with Gasteiger partial charge in [0.05, 0.1) is 0 Å². The molecule has 8 heteroatoms. The Hall–Kier alpha value is -1.61. The Bertz CT molecular complexity index is 883. The summed E-state index contributed by atoms with van der Waals surface area (Å²) >= 11 is 0. The average molecular weight is 591 g/mol. The van der Waals surface area contributed by atoms with Gasteiger partial charge >= 0.3 is 5.97 Å². The second-order valence-corrected chi connectivity index (χ2v) is 13.0. The lowest BCUT2D eigenvalue weighted by Crippen LogP contribution is -2.41. The van der Waals surface area contributed by atoms with E-state index in [4.69, 9.17) is 18.9 Å². The molecule has 2 saturated carbocycles. The predicted octanol–water partition coefficient (Wildman–Crippen LogP) is 7.28. The molecule has 8 nitrogen and oxygen atoms in total. The first-order valence-corrected chi connectivity index (χ1v) is 16.9. The molecular weight excluding hydrogens is 536 g/mol. The summed E-state index contributed by atoms with van der Waals surface area (Å²) in [6.07, 6.45) is 20.0. The Morgan fingerprint density at radius 2 is 1.60 bits per heavy atom. The number of carboxylic acid groups (broad SMARTS) is 1. The van der Waals surface area contributed by atoms with Crippen LogP contribution in [0.25, 0.3) is 0 Å². The number of unbranched alkanes of at least 4 members (excludes halogenated alkanes) is 6. The molecule has 42 heavy (non-hydrogen) atoms. The van der Waals surface area contributed by atoms with Crippen LogP contribution in [-0.4, -0.2) is 54.2 Å². The Morgan fingerprint density at radius 3 is 2.21 bits per heavy atom. The van der Waals surface area contributed by atoms with E-state index in [9.17, 15) is 19.5 Å². The molecule has 0 spiro atoms. The van der Waals surface area contributed by atoms with Gasteiger partial charge in [0.1, 0.15) is 17.0 Å². The van der Waals surface area contributed by atoms with Crippen molar-refractivity contribution in [3.8, 4) is 0 Å². The van der Waals surface area contributed by atoms with Gasteiger partial charge in [0, 0.05) is 44.8 Å². The minimum Gasteiger partial charge on any atom is -0.481 e. The number of hydrogen-bond acceptors (Lipinski definition) is 7. The van der Waals surface area contributed by atoms with Gasteiger partial charge in [-0.25, -0.2) is 0 Å². The van der Waals surface area contributed by atoms with Gasteiger partial charge in [0.2, 0.25) is 0 Å². The lowest BCUT2D eigenvalue weighted by Gasteiger charge is -2.34. The number of aliphatic carboxylic acids is 1. The first-order chi connectivity index (χ1) is 20.4. The van der Waals surface area contributed by atoms with E-state index in [-0.39, 0.29) is 49.1 Å². The number of hydrogen-bond donors (Lipinski definition) is 1. The molecule has 2 aliphatic carbocycles. The van der Waals surface area contributed by atoms with E-state index in [1.54, 1.807) is 0 Å². The molecule has 2 saturated heterocycles. The van der Waals surface area contributed by atoms with Crippen molar-refractivity contribution >= 4 is 17.5 Å². The van der Waals surface area contributed by atoms with Crippen LogP contribution in [0.1, 0.15) is 135 Å². The van der Waals surface area contributed by atoms with Crippen LogP contribution in [-0.2, 0) is 33.3 Å². The summed E-state index contributed by atoms with van der Waals surface area (Å²) < 4.78 is 24.2. The van der Waals surface area contributed by atoms with Gasteiger partial charge < -0.3 is 24.1 Å². The predicted molar refractivity (Wildman–Crippen MR) is 159 cm³/mol. The van der Waals surface area contributed by atoms with Gasteiger partial charge in [-0.2, -0.15) is 0 Å². The number of allylic oxidation sites excluding steroid dienone is 2. The monoisotopic (exact) mass is 590 g/mol. The lowest BCUT2D eigenvalue weighted by molar-refractivity contribution is -0.331. The van der Waals surface area contributed by atoms with Crippen molar-refractivity contribution in [3.05, 3.63) is 12.2 Å². The fourth-order valence-electron chi connectivity index (χ4n) is 7.03. The third-order valence-electron chi connectivity index (χ3n) is 9.74. The second-order valence-electron chi connectivity index (χ2n) is 13.0. The first-order valence-electron chi connectivity index (χ1n) is 16.9. The van der Waals surface area contributed by atoms with Crippen LogP contribution in [0.3, 0.4) is 0 Å². The van der Waals surface area contributed by atoms with Crippen LogP contribution in [0.5, 0.6) is 0 Å². The summed E-state index contributed by atoms with van der Waals surface area (Å²) in [7, 11) is 0. The van der Waals surface area contributed by atoms with E-state index in [0.717, 1.165) is 38.5 Å². The molecule has 0 aromatic heterocycles. The molecule has 3 unspecified atom stereocenters. The maximum Gasteiger partial charge on any atom is 0.315 e. The maximum atomic E-state index is 13.0. The Balaban J connectivity index is 1.27. The van der Waals surface area contributed by atoms with Crippen molar-refractivity contribution in [1.82, 2.24) is 0 Å². The van der Waals surface area contributed by atoms with Crippen LogP contribution in [0.15, 0.2) is 12.2 Å². The number of Topliss-reactive ketones (excluding diaryl/α,β-unsaturated/α-hetero) is 2. The van der Waals surface area contributed by atoms with E-state index in [0.29, 0.717) is 38.9 Å². The van der Waals surface area contributed by atoms with E-state index in [2.05, 4.69) is 19.1 Å². The molecule has 0 aromatic rings. The summed E-state index contributed by atoms with van der Waals surface area (Å²) in [6, 6.07) is 0. The molecule has 0 aromatic carbocycles. The fraction of sp³-hybridized carbons (Fsp3) is 0.853.